The topological polar surface area (TPSA) is 37.4 Å². The summed E-state index contributed by atoms with van der Waals surface area (Å²) in [5.41, 5.74) is 1.87. The van der Waals surface area contributed by atoms with Crippen molar-refractivity contribution >= 4 is 23.6 Å². The largest absolute Gasteiger partial charge is 0.269 e. The van der Waals surface area contributed by atoms with Crippen molar-refractivity contribution in [1.82, 2.24) is 4.90 Å². The predicted octanol–water partition coefficient (Wildman–Crippen LogP) is 4.77. The minimum Gasteiger partial charge on any atom is -0.269 e. The number of rotatable bonds is 4. The van der Waals surface area contributed by atoms with Gasteiger partial charge in [0.15, 0.2) is 0 Å². The zero-order valence-corrected chi connectivity index (χ0v) is 14.1. The fourth-order valence-corrected chi connectivity index (χ4v) is 4.10. The van der Waals surface area contributed by atoms with Crippen LogP contribution in [0.4, 0.5) is 0 Å². The second kappa shape index (κ2) is 6.57. The maximum Gasteiger partial charge on any atom is 0.262 e. The molecule has 1 unspecified atom stereocenters. The number of nitrogens with zero attached hydrogens (tertiary/aromatic N) is 1. The van der Waals surface area contributed by atoms with E-state index in [0.717, 1.165) is 10.5 Å². The Morgan fingerprint density at radius 1 is 0.640 bits per heavy atom. The van der Waals surface area contributed by atoms with E-state index in [-0.39, 0.29) is 11.8 Å². The Kier molecular flexibility index (Phi) is 4.12. The first-order valence-corrected chi connectivity index (χ1v) is 8.87. The van der Waals surface area contributed by atoms with Gasteiger partial charge in [-0.05, 0) is 29.8 Å². The summed E-state index contributed by atoms with van der Waals surface area (Å²) < 4.78 is 0. The van der Waals surface area contributed by atoms with E-state index in [9.17, 15) is 9.59 Å². The van der Waals surface area contributed by atoms with Crippen molar-refractivity contribution in [2.75, 3.05) is 0 Å². The average molecular weight is 345 g/mol. The number of benzene rings is 3. The molecule has 3 aromatic carbocycles. The van der Waals surface area contributed by atoms with E-state index >= 15 is 0 Å². The molecule has 0 bridgehead atoms. The number of carbonyl (C=O) groups is 2. The highest BCUT2D eigenvalue weighted by atomic mass is 32.2. The number of hydrogen-bond acceptors (Lipinski definition) is 3. The van der Waals surface area contributed by atoms with Gasteiger partial charge in [-0.3, -0.25) is 14.5 Å². The Hall–Kier alpha value is -2.85. The molecule has 0 spiro atoms. The lowest BCUT2D eigenvalue weighted by atomic mass is 10.1. The molecule has 0 fully saturated rings. The number of fused-ring (bicyclic) bond motifs is 1. The molecule has 0 aliphatic carbocycles. The molecule has 3 aromatic rings. The average Bonchev–Trinajstić information content (AvgIpc) is 2.93. The van der Waals surface area contributed by atoms with E-state index in [0.29, 0.717) is 11.1 Å². The number of hydrogen-bond donors (Lipinski definition) is 0. The Balaban J connectivity index is 1.77. The van der Waals surface area contributed by atoms with Crippen molar-refractivity contribution in [2.45, 2.75) is 10.3 Å². The maximum absolute atomic E-state index is 12.9. The molecular weight excluding hydrogens is 330 g/mol. The van der Waals surface area contributed by atoms with Crippen LogP contribution < -0.4 is 0 Å². The molecule has 1 aliphatic rings. The van der Waals surface area contributed by atoms with Crippen LogP contribution >= 0.6 is 11.8 Å². The minimum absolute atomic E-state index is 0.238. The minimum atomic E-state index is -0.406. The van der Waals surface area contributed by atoms with Crippen molar-refractivity contribution in [3.8, 4) is 0 Å². The van der Waals surface area contributed by atoms with Crippen LogP contribution in [0, 0.1) is 0 Å². The molecule has 0 radical (unpaired) electrons. The van der Waals surface area contributed by atoms with E-state index in [1.54, 1.807) is 24.3 Å². The first kappa shape index (κ1) is 15.7. The highest BCUT2D eigenvalue weighted by Crippen LogP contribution is 2.41. The van der Waals surface area contributed by atoms with E-state index in [4.69, 9.17) is 0 Å². The van der Waals surface area contributed by atoms with E-state index < -0.39 is 5.37 Å². The monoisotopic (exact) mass is 345 g/mol. The highest BCUT2D eigenvalue weighted by Gasteiger charge is 2.40. The molecule has 0 aromatic heterocycles. The van der Waals surface area contributed by atoms with Gasteiger partial charge in [-0.25, -0.2) is 0 Å². The van der Waals surface area contributed by atoms with Crippen LogP contribution in [-0.2, 0) is 0 Å². The molecule has 0 saturated heterocycles. The van der Waals surface area contributed by atoms with Gasteiger partial charge in [-0.15, -0.1) is 0 Å². The summed E-state index contributed by atoms with van der Waals surface area (Å²) in [5.74, 6) is -0.476. The summed E-state index contributed by atoms with van der Waals surface area (Å²) in [6.45, 7) is 0. The van der Waals surface area contributed by atoms with Gasteiger partial charge < -0.3 is 0 Å². The fraction of sp³-hybridized carbons (Fsp3) is 0.0476. The Morgan fingerprint density at radius 2 is 1.12 bits per heavy atom. The number of imide groups is 1. The van der Waals surface area contributed by atoms with Crippen LogP contribution in [-0.4, -0.2) is 16.7 Å². The van der Waals surface area contributed by atoms with E-state index in [1.807, 2.05) is 60.7 Å². The summed E-state index contributed by atoms with van der Waals surface area (Å²) in [5, 5.41) is -0.406. The predicted molar refractivity (Wildman–Crippen MR) is 98.4 cm³/mol. The molecule has 1 atom stereocenters. The third-order valence-corrected chi connectivity index (χ3v) is 5.39. The Bertz CT molecular complexity index is 890. The molecule has 1 aliphatic heterocycles. The summed E-state index contributed by atoms with van der Waals surface area (Å²) in [7, 11) is 0. The molecule has 4 heteroatoms. The summed E-state index contributed by atoms with van der Waals surface area (Å²) in [6.07, 6.45) is 0. The molecule has 25 heavy (non-hydrogen) atoms. The van der Waals surface area contributed by atoms with Crippen LogP contribution in [0.1, 0.15) is 31.7 Å². The lowest BCUT2D eigenvalue weighted by Gasteiger charge is -2.26. The smallest absolute Gasteiger partial charge is 0.262 e. The van der Waals surface area contributed by atoms with Gasteiger partial charge in [0, 0.05) is 4.90 Å². The third-order valence-electron chi connectivity index (χ3n) is 4.14. The first-order valence-electron chi connectivity index (χ1n) is 7.99. The van der Waals surface area contributed by atoms with Gasteiger partial charge in [-0.2, -0.15) is 0 Å². The molecule has 122 valence electrons. The van der Waals surface area contributed by atoms with Crippen molar-refractivity contribution in [1.29, 1.82) is 0 Å². The van der Waals surface area contributed by atoms with Gasteiger partial charge >= 0.3 is 0 Å². The zero-order chi connectivity index (χ0) is 17.2. The van der Waals surface area contributed by atoms with Gasteiger partial charge in [0.25, 0.3) is 11.8 Å². The Labute approximate surface area is 150 Å². The summed E-state index contributed by atoms with van der Waals surface area (Å²) >= 11 is 1.50. The van der Waals surface area contributed by atoms with Crippen molar-refractivity contribution in [3.05, 3.63) is 102 Å². The third kappa shape index (κ3) is 2.85. The fourth-order valence-electron chi connectivity index (χ4n) is 2.94. The van der Waals surface area contributed by atoms with Gasteiger partial charge in [0.2, 0.25) is 0 Å². The number of thioether (sulfide) groups is 1. The Morgan fingerprint density at radius 3 is 1.68 bits per heavy atom. The molecule has 3 nitrogen and oxygen atoms in total. The lowest BCUT2D eigenvalue weighted by Crippen LogP contribution is -2.32. The SMILES string of the molecule is O=C1c2ccccc2C(=O)N1C(Sc1ccccc1)c1ccccc1. The number of carbonyl (C=O) groups excluding carboxylic acids is 2. The molecular formula is C21H15NO2S. The summed E-state index contributed by atoms with van der Waals surface area (Å²) in [4.78, 5) is 28.2. The van der Waals surface area contributed by atoms with Crippen LogP contribution in [0.2, 0.25) is 0 Å². The van der Waals surface area contributed by atoms with Crippen molar-refractivity contribution < 1.29 is 9.59 Å². The normalized spacial score (nSPS) is 14.5. The molecule has 0 N–H and O–H groups in total. The highest BCUT2D eigenvalue weighted by molar-refractivity contribution is 7.99. The van der Waals surface area contributed by atoms with Crippen molar-refractivity contribution in [2.24, 2.45) is 0 Å². The maximum atomic E-state index is 12.9. The van der Waals surface area contributed by atoms with E-state index in [2.05, 4.69) is 0 Å². The molecule has 0 saturated carbocycles. The quantitative estimate of drug-likeness (QED) is 0.505. The van der Waals surface area contributed by atoms with Crippen LogP contribution in [0.25, 0.3) is 0 Å². The van der Waals surface area contributed by atoms with Crippen LogP contribution in [0.3, 0.4) is 0 Å². The second-order valence-electron chi connectivity index (χ2n) is 5.72. The lowest BCUT2D eigenvalue weighted by molar-refractivity contribution is 0.0636. The summed E-state index contributed by atoms with van der Waals surface area (Å²) in [6, 6.07) is 26.5. The van der Waals surface area contributed by atoms with Gasteiger partial charge in [0.1, 0.15) is 5.37 Å². The zero-order valence-electron chi connectivity index (χ0n) is 13.3. The molecule has 4 rings (SSSR count). The number of amides is 2. The first-order chi connectivity index (χ1) is 12.3. The standard InChI is InChI=1S/C21H15NO2S/c23-19-17-13-7-8-14-18(17)20(24)22(19)21(15-9-3-1-4-10-15)25-16-11-5-2-6-12-16/h1-14,21H. The second-order valence-corrected chi connectivity index (χ2v) is 6.87. The van der Waals surface area contributed by atoms with Crippen LogP contribution in [0.15, 0.2) is 89.8 Å². The van der Waals surface area contributed by atoms with Crippen LogP contribution in [0.5, 0.6) is 0 Å². The van der Waals surface area contributed by atoms with Crippen molar-refractivity contribution in [3.63, 3.8) is 0 Å². The van der Waals surface area contributed by atoms with E-state index in [1.165, 1.54) is 16.7 Å². The van der Waals surface area contributed by atoms with Gasteiger partial charge in [-0.1, -0.05) is 72.4 Å². The van der Waals surface area contributed by atoms with Gasteiger partial charge in [0.05, 0.1) is 11.1 Å². The molecule has 1 heterocycles. The molecule has 2 amide bonds.